The maximum atomic E-state index is 12.6. The van der Waals surface area contributed by atoms with Crippen molar-refractivity contribution in [2.24, 2.45) is 0 Å². The Labute approximate surface area is 149 Å². The van der Waals surface area contributed by atoms with E-state index in [2.05, 4.69) is 0 Å². The zero-order valence-corrected chi connectivity index (χ0v) is 14.0. The predicted molar refractivity (Wildman–Crippen MR) is 93.2 cm³/mol. The number of nitrogens with zero attached hydrogens (tertiary/aromatic N) is 2. The van der Waals surface area contributed by atoms with E-state index in [9.17, 15) is 24.8 Å². The molecule has 1 aliphatic heterocycles. The lowest BCUT2D eigenvalue weighted by atomic mass is 9.95. The number of carbonyl (C=O) groups is 2. The van der Waals surface area contributed by atoms with E-state index in [0.29, 0.717) is 0 Å². The number of rotatable bonds is 5. The number of amides is 1. The highest BCUT2D eigenvalue weighted by Gasteiger charge is 2.44. The van der Waals surface area contributed by atoms with Crippen LogP contribution in [0.4, 0.5) is 5.69 Å². The van der Waals surface area contributed by atoms with E-state index < -0.39 is 28.4 Å². The van der Waals surface area contributed by atoms with Gasteiger partial charge in [-0.25, -0.2) is 0 Å². The number of para-hydroxylation sites is 1. The molecular weight excluding hydrogens is 336 g/mol. The standard InChI is InChI=1S/C19H16N2O5/c1-12(22)16-17(14-9-5-6-10-15(14)21(25)26)20(19(24)18(16)23)11-13-7-3-2-4-8-13/h2-10,17,23H,11H2,1H3. The molecule has 1 unspecified atom stereocenters. The number of aliphatic hydroxyl groups excluding tert-OH is 1. The third-order valence-corrected chi connectivity index (χ3v) is 4.31. The van der Waals surface area contributed by atoms with Gasteiger partial charge in [-0.05, 0) is 18.6 Å². The van der Waals surface area contributed by atoms with Crippen molar-refractivity contribution < 1.29 is 19.6 Å². The Morgan fingerprint density at radius 1 is 1.15 bits per heavy atom. The first-order chi connectivity index (χ1) is 12.4. The molecule has 0 aliphatic carbocycles. The van der Waals surface area contributed by atoms with Gasteiger partial charge in [-0.2, -0.15) is 0 Å². The maximum Gasteiger partial charge on any atom is 0.290 e. The number of benzene rings is 2. The summed E-state index contributed by atoms with van der Waals surface area (Å²) in [4.78, 5) is 36.8. The van der Waals surface area contributed by atoms with Crippen LogP contribution < -0.4 is 0 Å². The van der Waals surface area contributed by atoms with Crippen LogP contribution in [0.5, 0.6) is 0 Å². The molecule has 2 aromatic carbocycles. The molecule has 1 heterocycles. The van der Waals surface area contributed by atoms with Crippen LogP contribution >= 0.6 is 0 Å². The first-order valence-electron chi connectivity index (χ1n) is 7.94. The Morgan fingerprint density at radius 3 is 2.38 bits per heavy atom. The summed E-state index contributed by atoms with van der Waals surface area (Å²) in [5, 5.41) is 21.7. The van der Waals surface area contributed by atoms with Crippen molar-refractivity contribution >= 4 is 17.4 Å². The Balaban J connectivity index is 2.14. The third kappa shape index (κ3) is 2.95. The molecule has 0 bridgehead atoms. The number of ketones is 1. The summed E-state index contributed by atoms with van der Waals surface area (Å²) in [6.45, 7) is 1.34. The zero-order valence-electron chi connectivity index (χ0n) is 14.0. The first-order valence-corrected chi connectivity index (χ1v) is 7.94. The number of aliphatic hydroxyl groups is 1. The van der Waals surface area contributed by atoms with Crippen LogP contribution in [0.1, 0.15) is 24.1 Å². The number of hydrogen-bond acceptors (Lipinski definition) is 5. The van der Waals surface area contributed by atoms with Crippen molar-refractivity contribution in [1.82, 2.24) is 4.90 Å². The quantitative estimate of drug-likeness (QED) is 0.658. The Morgan fingerprint density at radius 2 is 1.77 bits per heavy atom. The van der Waals surface area contributed by atoms with Gasteiger partial charge < -0.3 is 10.0 Å². The molecule has 26 heavy (non-hydrogen) atoms. The van der Waals surface area contributed by atoms with E-state index in [-0.39, 0.29) is 23.4 Å². The summed E-state index contributed by atoms with van der Waals surface area (Å²) in [7, 11) is 0. The van der Waals surface area contributed by atoms with E-state index in [1.54, 1.807) is 30.3 Å². The number of carbonyl (C=O) groups excluding carboxylic acids is 2. The molecule has 2 aromatic rings. The molecule has 132 valence electrons. The molecule has 0 fully saturated rings. The predicted octanol–water partition coefficient (Wildman–Crippen LogP) is 3.08. The summed E-state index contributed by atoms with van der Waals surface area (Å²) in [6, 6.07) is 13.9. The van der Waals surface area contributed by atoms with Crippen molar-refractivity contribution in [2.75, 3.05) is 0 Å². The van der Waals surface area contributed by atoms with Gasteiger partial charge in [-0.3, -0.25) is 19.7 Å². The van der Waals surface area contributed by atoms with E-state index in [1.807, 2.05) is 6.07 Å². The third-order valence-electron chi connectivity index (χ3n) is 4.31. The summed E-state index contributed by atoms with van der Waals surface area (Å²) < 4.78 is 0. The summed E-state index contributed by atoms with van der Waals surface area (Å²) >= 11 is 0. The van der Waals surface area contributed by atoms with Gasteiger partial charge >= 0.3 is 0 Å². The monoisotopic (exact) mass is 352 g/mol. The van der Waals surface area contributed by atoms with Crippen molar-refractivity contribution in [1.29, 1.82) is 0 Å². The van der Waals surface area contributed by atoms with Gasteiger partial charge in [0.25, 0.3) is 11.6 Å². The molecule has 0 aromatic heterocycles. The topological polar surface area (TPSA) is 101 Å². The lowest BCUT2D eigenvalue weighted by Crippen LogP contribution is -2.30. The van der Waals surface area contributed by atoms with Crippen molar-refractivity contribution in [3.63, 3.8) is 0 Å². The molecular formula is C19H16N2O5. The second-order valence-electron chi connectivity index (χ2n) is 5.96. The fourth-order valence-corrected chi connectivity index (χ4v) is 3.16. The summed E-state index contributed by atoms with van der Waals surface area (Å²) in [6.07, 6.45) is 0. The SMILES string of the molecule is CC(=O)C1=C(O)C(=O)N(Cc2ccccc2)C1c1ccccc1[N+](=O)[O-]. The average Bonchev–Trinajstić information content (AvgIpc) is 2.87. The minimum absolute atomic E-state index is 0.108. The molecule has 1 aliphatic rings. The maximum absolute atomic E-state index is 12.6. The number of hydrogen-bond donors (Lipinski definition) is 1. The molecule has 1 atom stereocenters. The Bertz CT molecular complexity index is 921. The highest BCUT2D eigenvalue weighted by Crippen LogP contribution is 2.41. The molecule has 0 saturated carbocycles. The van der Waals surface area contributed by atoms with Crippen molar-refractivity contribution in [3.05, 3.63) is 87.2 Å². The van der Waals surface area contributed by atoms with Crippen LogP contribution in [-0.4, -0.2) is 26.6 Å². The van der Waals surface area contributed by atoms with E-state index in [4.69, 9.17) is 0 Å². The molecule has 1 amide bonds. The number of Topliss-reactive ketones (excluding diaryl/α,β-unsaturated/α-hetero) is 1. The lowest BCUT2D eigenvalue weighted by Gasteiger charge is -2.26. The molecule has 7 heteroatoms. The second-order valence-corrected chi connectivity index (χ2v) is 5.96. The van der Waals surface area contributed by atoms with Crippen LogP contribution in [0.25, 0.3) is 0 Å². The van der Waals surface area contributed by atoms with Crippen molar-refractivity contribution in [2.45, 2.75) is 19.5 Å². The smallest absolute Gasteiger partial charge is 0.290 e. The normalized spacial score (nSPS) is 16.9. The molecule has 7 nitrogen and oxygen atoms in total. The molecule has 3 rings (SSSR count). The van der Waals surface area contributed by atoms with Crippen LogP contribution in [0, 0.1) is 10.1 Å². The van der Waals surface area contributed by atoms with E-state index in [1.165, 1.54) is 30.0 Å². The number of nitro benzene ring substituents is 1. The number of nitro groups is 1. The van der Waals surface area contributed by atoms with E-state index in [0.717, 1.165) is 5.56 Å². The van der Waals surface area contributed by atoms with Crippen LogP contribution in [0.2, 0.25) is 0 Å². The van der Waals surface area contributed by atoms with Gasteiger partial charge in [0, 0.05) is 12.6 Å². The van der Waals surface area contributed by atoms with Crippen LogP contribution in [0.3, 0.4) is 0 Å². The van der Waals surface area contributed by atoms with Gasteiger partial charge in [0.15, 0.2) is 11.5 Å². The first kappa shape index (κ1) is 17.3. The summed E-state index contributed by atoms with van der Waals surface area (Å²) in [5.41, 5.74) is 0.634. The average molecular weight is 352 g/mol. The molecule has 1 N–H and O–H groups in total. The molecule has 0 spiro atoms. The van der Waals surface area contributed by atoms with Crippen molar-refractivity contribution in [3.8, 4) is 0 Å². The fraction of sp³-hybridized carbons (Fsp3) is 0.158. The zero-order chi connectivity index (χ0) is 18.8. The van der Waals surface area contributed by atoms with Crippen LogP contribution in [-0.2, 0) is 16.1 Å². The molecule has 0 radical (unpaired) electrons. The summed E-state index contributed by atoms with van der Waals surface area (Å²) in [5.74, 6) is -1.88. The minimum Gasteiger partial charge on any atom is -0.503 e. The van der Waals surface area contributed by atoms with Gasteiger partial charge in [-0.15, -0.1) is 0 Å². The minimum atomic E-state index is -1.01. The Kier molecular flexibility index (Phi) is 4.53. The van der Waals surface area contributed by atoms with Crippen LogP contribution in [0.15, 0.2) is 65.9 Å². The highest BCUT2D eigenvalue weighted by atomic mass is 16.6. The van der Waals surface area contributed by atoms with Gasteiger partial charge in [0.05, 0.1) is 22.1 Å². The van der Waals surface area contributed by atoms with Gasteiger partial charge in [-0.1, -0.05) is 42.5 Å². The second kappa shape index (κ2) is 6.79. The Hall–Kier alpha value is -3.48. The van der Waals surface area contributed by atoms with Gasteiger partial charge in [0.1, 0.15) is 0 Å². The van der Waals surface area contributed by atoms with E-state index >= 15 is 0 Å². The fourth-order valence-electron chi connectivity index (χ4n) is 3.16. The lowest BCUT2D eigenvalue weighted by molar-refractivity contribution is -0.385. The van der Waals surface area contributed by atoms with Gasteiger partial charge in [0.2, 0.25) is 0 Å². The highest BCUT2D eigenvalue weighted by molar-refractivity contribution is 6.08. The molecule has 0 saturated heterocycles. The largest absolute Gasteiger partial charge is 0.503 e.